The van der Waals surface area contributed by atoms with Crippen molar-refractivity contribution >= 4 is 21.1 Å². The second-order valence-electron chi connectivity index (χ2n) is 7.85. The third-order valence-electron chi connectivity index (χ3n) is 5.61. The van der Waals surface area contributed by atoms with Crippen LogP contribution < -0.4 is 14.6 Å². The molecule has 4 rings (SSSR count). The molecule has 0 radical (unpaired) electrons. The van der Waals surface area contributed by atoms with Crippen LogP contribution in [0.25, 0.3) is 10.8 Å². The lowest BCUT2D eigenvalue weighted by atomic mass is 10.00. The van der Waals surface area contributed by atoms with Gasteiger partial charge in [0.25, 0.3) is 0 Å². The molecule has 2 aromatic carbocycles. The molecule has 0 bridgehead atoms. The summed E-state index contributed by atoms with van der Waals surface area (Å²) in [5, 5.41) is 7.22. The molecular formula is C22H25N3O5S. The van der Waals surface area contributed by atoms with Crippen LogP contribution in [0.3, 0.4) is 0 Å². The molecule has 3 atom stereocenters. The van der Waals surface area contributed by atoms with Gasteiger partial charge in [0.1, 0.15) is 19.0 Å². The maximum absolute atomic E-state index is 11.0. The minimum atomic E-state index is -3.94. The maximum atomic E-state index is 11.0. The zero-order chi connectivity index (χ0) is 21.8. The largest absolute Gasteiger partial charge is 0.474 e. The average molecular weight is 444 g/mol. The predicted octanol–water partition coefficient (Wildman–Crippen LogP) is 3.22. The molecule has 1 aliphatic carbocycles. The fourth-order valence-electron chi connectivity index (χ4n) is 3.99. The molecule has 9 heteroatoms. The first-order valence-electron chi connectivity index (χ1n) is 10.1. The molecule has 1 fully saturated rings. The van der Waals surface area contributed by atoms with Gasteiger partial charge in [0.2, 0.25) is 11.8 Å². The van der Waals surface area contributed by atoms with E-state index in [0.29, 0.717) is 24.8 Å². The van der Waals surface area contributed by atoms with E-state index in [0.717, 1.165) is 22.8 Å². The van der Waals surface area contributed by atoms with Crippen molar-refractivity contribution in [2.24, 2.45) is 17.0 Å². The van der Waals surface area contributed by atoms with Crippen LogP contribution in [0, 0.1) is 11.8 Å². The highest BCUT2D eigenvalue weighted by molar-refractivity contribution is 7.84. The first kappa shape index (κ1) is 21.5. The summed E-state index contributed by atoms with van der Waals surface area (Å²) in [5.74, 6) is 1.15. The molecule has 0 aliphatic heterocycles. The molecule has 0 saturated heterocycles. The zero-order valence-corrected chi connectivity index (χ0v) is 18.0. The van der Waals surface area contributed by atoms with E-state index in [2.05, 4.69) is 28.2 Å². The van der Waals surface area contributed by atoms with E-state index in [1.54, 1.807) is 6.07 Å². The van der Waals surface area contributed by atoms with E-state index in [1.807, 2.05) is 31.2 Å². The molecule has 1 aromatic heterocycles. The molecule has 1 saturated carbocycles. The van der Waals surface area contributed by atoms with E-state index in [4.69, 9.17) is 18.8 Å². The van der Waals surface area contributed by atoms with Crippen LogP contribution in [-0.4, -0.2) is 31.1 Å². The van der Waals surface area contributed by atoms with Crippen LogP contribution in [0.4, 0.5) is 0 Å². The SMILES string of the molecule is C[C@H]1C[C@H](Oc2cc(OCc3cccc4ccccc34)ncn2)C[C@H]1COS(N)(=O)=O. The van der Waals surface area contributed by atoms with Gasteiger partial charge in [-0.3, -0.25) is 4.18 Å². The molecule has 31 heavy (non-hydrogen) atoms. The monoisotopic (exact) mass is 443 g/mol. The van der Waals surface area contributed by atoms with Crippen LogP contribution in [0.2, 0.25) is 0 Å². The summed E-state index contributed by atoms with van der Waals surface area (Å²) in [6, 6.07) is 15.9. The Hall–Kier alpha value is -2.75. The number of nitrogens with two attached hydrogens (primary N) is 1. The molecule has 0 spiro atoms. The van der Waals surface area contributed by atoms with Gasteiger partial charge in [0.15, 0.2) is 0 Å². The zero-order valence-electron chi connectivity index (χ0n) is 17.2. The summed E-state index contributed by atoms with van der Waals surface area (Å²) in [4.78, 5) is 8.36. The lowest BCUT2D eigenvalue weighted by Gasteiger charge is -2.14. The fourth-order valence-corrected chi connectivity index (χ4v) is 4.36. The van der Waals surface area contributed by atoms with Crippen molar-refractivity contribution in [3.63, 3.8) is 0 Å². The summed E-state index contributed by atoms with van der Waals surface area (Å²) in [7, 11) is -3.94. The van der Waals surface area contributed by atoms with E-state index < -0.39 is 10.3 Å². The molecular weight excluding hydrogens is 418 g/mol. The van der Waals surface area contributed by atoms with E-state index in [-0.39, 0.29) is 24.5 Å². The summed E-state index contributed by atoms with van der Waals surface area (Å²) in [6.07, 6.45) is 2.75. The number of ether oxygens (including phenoxy) is 2. The molecule has 3 aromatic rings. The van der Waals surface area contributed by atoms with Crippen LogP contribution in [0.15, 0.2) is 54.9 Å². The van der Waals surface area contributed by atoms with Gasteiger partial charge in [-0.05, 0) is 41.0 Å². The second-order valence-corrected chi connectivity index (χ2v) is 9.07. The molecule has 1 heterocycles. The molecule has 8 nitrogen and oxygen atoms in total. The topological polar surface area (TPSA) is 114 Å². The summed E-state index contributed by atoms with van der Waals surface area (Å²) in [5.41, 5.74) is 1.07. The molecule has 0 amide bonds. The highest BCUT2D eigenvalue weighted by Gasteiger charge is 2.34. The molecule has 1 aliphatic rings. The van der Waals surface area contributed by atoms with Crippen LogP contribution in [0.1, 0.15) is 25.3 Å². The number of fused-ring (bicyclic) bond motifs is 1. The van der Waals surface area contributed by atoms with Crippen LogP contribution in [0.5, 0.6) is 11.8 Å². The second kappa shape index (κ2) is 9.17. The van der Waals surface area contributed by atoms with Gasteiger partial charge in [-0.25, -0.2) is 15.1 Å². The first-order valence-corrected chi connectivity index (χ1v) is 11.6. The predicted molar refractivity (Wildman–Crippen MR) is 116 cm³/mol. The lowest BCUT2D eigenvalue weighted by molar-refractivity contribution is 0.182. The Bertz CT molecular complexity index is 1150. The van der Waals surface area contributed by atoms with Gasteiger partial charge in [-0.15, -0.1) is 0 Å². The third-order valence-corrected chi connectivity index (χ3v) is 6.08. The Morgan fingerprint density at radius 2 is 1.84 bits per heavy atom. The fraction of sp³-hybridized carbons (Fsp3) is 0.364. The number of nitrogens with zero attached hydrogens (tertiary/aromatic N) is 2. The minimum Gasteiger partial charge on any atom is -0.474 e. The van der Waals surface area contributed by atoms with Crippen molar-refractivity contribution in [2.75, 3.05) is 6.61 Å². The highest BCUT2D eigenvalue weighted by atomic mass is 32.2. The number of benzene rings is 2. The quantitative estimate of drug-likeness (QED) is 0.568. The Morgan fingerprint density at radius 1 is 1.06 bits per heavy atom. The summed E-state index contributed by atoms with van der Waals surface area (Å²) in [6.45, 7) is 2.48. The van der Waals surface area contributed by atoms with Crippen molar-refractivity contribution < 1.29 is 22.1 Å². The van der Waals surface area contributed by atoms with Gasteiger partial charge in [-0.2, -0.15) is 8.42 Å². The molecule has 0 unspecified atom stereocenters. The van der Waals surface area contributed by atoms with Crippen molar-refractivity contribution in [1.29, 1.82) is 0 Å². The minimum absolute atomic E-state index is 0.0484. The Morgan fingerprint density at radius 3 is 2.68 bits per heavy atom. The third kappa shape index (κ3) is 5.69. The van der Waals surface area contributed by atoms with E-state index in [9.17, 15) is 8.42 Å². The molecule has 164 valence electrons. The molecule has 2 N–H and O–H groups in total. The highest BCUT2D eigenvalue weighted by Crippen LogP contribution is 2.34. The normalized spacial score (nSPS) is 21.3. The summed E-state index contributed by atoms with van der Waals surface area (Å²) >= 11 is 0. The van der Waals surface area contributed by atoms with Crippen molar-refractivity contribution in [3.05, 3.63) is 60.4 Å². The Kier molecular flexibility index (Phi) is 6.35. The van der Waals surface area contributed by atoms with Gasteiger partial charge in [0, 0.05) is 0 Å². The van der Waals surface area contributed by atoms with E-state index >= 15 is 0 Å². The number of rotatable bonds is 8. The summed E-state index contributed by atoms with van der Waals surface area (Å²) < 4.78 is 38.7. The van der Waals surface area contributed by atoms with Gasteiger partial charge in [0.05, 0.1) is 12.7 Å². The first-order chi connectivity index (χ1) is 14.9. The Labute approximate surface area is 181 Å². The van der Waals surface area contributed by atoms with Gasteiger partial charge < -0.3 is 9.47 Å². The van der Waals surface area contributed by atoms with Crippen LogP contribution in [-0.2, 0) is 21.1 Å². The van der Waals surface area contributed by atoms with Gasteiger partial charge >= 0.3 is 10.3 Å². The lowest BCUT2D eigenvalue weighted by Crippen LogP contribution is -2.22. The standard InChI is InChI=1S/C22H25N3O5S/c1-15-9-19(10-18(15)13-29-31(23,26)27)30-22-11-21(24-14-25-22)28-12-17-7-4-6-16-5-2-3-8-20(16)17/h2-8,11,14-15,18-19H,9-10,12-13H2,1H3,(H2,23,26,27)/t15-,18-,19-/m0/s1. The number of hydrogen-bond acceptors (Lipinski definition) is 7. The van der Waals surface area contributed by atoms with Gasteiger partial charge in [-0.1, -0.05) is 49.4 Å². The van der Waals surface area contributed by atoms with E-state index in [1.165, 1.54) is 6.33 Å². The number of hydrogen-bond donors (Lipinski definition) is 1. The van der Waals surface area contributed by atoms with Crippen molar-refractivity contribution in [1.82, 2.24) is 9.97 Å². The number of aromatic nitrogens is 2. The average Bonchev–Trinajstić information content (AvgIpc) is 3.09. The smallest absolute Gasteiger partial charge is 0.333 e. The Balaban J connectivity index is 1.36. The maximum Gasteiger partial charge on any atom is 0.333 e. The van der Waals surface area contributed by atoms with Crippen molar-refractivity contribution in [3.8, 4) is 11.8 Å². The van der Waals surface area contributed by atoms with Crippen LogP contribution >= 0.6 is 0 Å². The van der Waals surface area contributed by atoms with Crippen molar-refractivity contribution in [2.45, 2.75) is 32.5 Å².